The Morgan fingerprint density at radius 1 is 1.00 bits per heavy atom. The van der Waals surface area contributed by atoms with Crippen molar-refractivity contribution in [3.63, 3.8) is 0 Å². The van der Waals surface area contributed by atoms with E-state index in [4.69, 9.17) is 0 Å². The maximum absolute atomic E-state index is 12.1. The second-order valence-corrected chi connectivity index (χ2v) is 8.19. The van der Waals surface area contributed by atoms with Crippen molar-refractivity contribution in [2.75, 3.05) is 0 Å². The lowest BCUT2D eigenvalue weighted by Crippen LogP contribution is -2.52. The normalized spacial score (nSPS) is 25.2. The number of hydrogen-bond donors (Lipinski definition) is 2. The molecule has 0 saturated heterocycles. The summed E-state index contributed by atoms with van der Waals surface area (Å²) in [5.41, 5.74) is -0.971. The maximum Gasteiger partial charge on any atom is 0.259 e. The first kappa shape index (κ1) is 13.9. The van der Waals surface area contributed by atoms with Gasteiger partial charge in [-0.3, -0.25) is 14.3 Å². The summed E-state index contributed by atoms with van der Waals surface area (Å²) in [6, 6.07) is 0. The van der Waals surface area contributed by atoms with E-state index < -0.39 is 26.7 Å². The highest BCUT2D eigenvalue weighted by Gasteiger charge is 2.53. The van der Waals surface area contributed by atoms with Crippen LogP contribution in [0.4, 0.5) is 0 Å². The second kappa shape index (κ2) is 4.72. The van der Waals surface area contributed by atoms with E-state index in [1.54, 1.807) is 0 Å². The van der Waals surface area contributed by atoms with E-state index in [9.17, 15) is 18.0 Å². The summed E-state index contributed by atoms with van der Waals surface area (Å²) in [5, 5.41) is 2.35. The van der Waals surface area contributed by atoms with Crippen molar-refractivity contribution in [1.29, 1.82) is 0 Å². The molecule has 0 bridgehead atoms. The molecule has 0 aromatic rings. The van der Waals surface area contributed by atoms with Gasteiger partial charge in [-0.2, -0.15) is 0 Å². The van der Waals surface area contributed by atoms with Gasteiger partial charge < -0.3 is 5.32 Å². The molecule has 2 N–H and O–H groups in total. The van der Waals surface area contributed by atoms with Gasteiger partial charge in [0, 0.05) is 5.92 Å². The SMILES string of the molecule is O=C(NC1(C(=O)NS(=O)(=O)C2CC2)CC1)C1CCCC1. The molecule has 6 nitrogen and oxygen atoms in total. The standard InChI is InChI=1S/C13H20N2O4S/c16-11(9-3-1-2-4-9)14-13(7-8-13)12(17)15-20(18,19)10-5-6-10/h9-10H,1-8H2,(H,14,16)(H,15,17). The van der Waals surface area contributed by atoms with Crippen LogP contribution in [0.15, 0.2) is 0 Å². The average Bonchev–Trinajstić information content (AvgIpc) is 3.29. The molecule has 0 unspecified atom stereocenters. The quantitative estimate of drug-likeness (QED) is 0.770. The van der Waals surface area contributed by atoms with Crippen molar-refractivity contribution in [3.05, 3.63) is 0 Å². The smallest absolute Gasteiger partial charge is 0.259 e. The number of sulfonamides is 1. The van der Waals surface area contributed by atoms with Crippen LogP contribution in [0.1, 0.15) is 51.4 Å². The largest absolute Gasteiger partial charge is 0.341 e. The lowest BCUT2D eigenvalue weighted by Gasteiger charge is -2.19. The third kappa shape index (κ3) is 2.68. The van der Waals surface area contributed by atoms with Crippen molar-refractivity contribution >= 4 is 21.8 Å². The fraction of sp³-hybridized carbons (Fsp3) is 0.846. The molecule has 3 aliphatic rings. The summed E-state index contributed by atoms with van der Waals surface area (Å²) in [4.78, 5) is 24.2. The minimum absolute atomic E-state index is 0.0136. The van der Waals surface area contributed by atoms with Crippen molar-refractivity contribution in [2.45, 2.75) is 62.2 Å². The highest BCUT2D eigenvalue weighted by Crippen LogP contribution is 2.38. The van der Waals surface area contributed by atoms with Crippen molar-refractivity contribution < 1.29 is 18.0 Å². The molecule has 7 heteroatoms. The molecule has 0 radical (unpaired) electrons. The molecule has 3 aliphatic carbocycles. The molecule has 0 atom stereocenters. The molecule has 3 rings (SSSR count). The molecule has 2 amide bonds. The maximum atomic E-state index is 12.1. The minimum Gasteiger partial charge on any atom is -0.341 e. The molecule has 3 saturated carbocycles. The Hall–Kier alpha value is -1.11. The predicted molar refractivity (Wildman–Crippen MR) is 72.2 cm³/mol. The van der Waals surface area contributed by atoms with E-state index in [2.05, 4.69) is 10.0 Å². The third-order valence-corrected chi connectivity index (χ3v) is 6.29. The summed E-state index contributed by atoms with van der Waals surface area (Å²) in [6.45, 7) is 0. The van der Waals surface area contributed by atoms with Crippen LogP contribution in [0.5, 0.6) is 0 Å². The van der Waals surface area contributed by atoms with Crippen LogP contribution in [0.2, 0.25) is 0 Å². The van der Waals surface area contributed by atoms with Gasteiger partial charge in [-0.15, -0.1) is 0 Å². The zero-order chi connectivity index (χ0) is 14.4. The number of carbonyl (C=O) groups excluding carboxylic acids is 2. The number of nitrogens with one attached hydrogen (secondary N) is 2. The first-order valence-corrected chi connectivity index (χ1v) is 8.86. The molecular formula is C13H20N2O4S. The number of carbonyl (C=O) groups is 2. The first-order valence-electron chi connectivity index (χ1n) is 7.31. The van der Waals surface area contributed by atoms with Crippen LogP contribution in [0, 0.1) is 5.92 Å². The molecule has 0 heterocycles. The molecule has 0 aromatic heterocycles. The number of hydrogen-bond acceptors (Lipinski definition) is 4. The summed E-state index contributed by atoms with van der Waals surface area (Å²) in [6.07, 6.45) is 6.11. The van der Waals surface area contributed by atoms with E-state index in [0.29, 0.717) is 25.7 Å². The van der Waals surface area contributed by atoms with E-state index in [0.717, 1.165) is 25.7 Å². The molecule has 0 aliphatic heterocycles. The van der Waals surface area contributed by atoms with Gasteiger partial charge in [0.25, 0.3) is 5.91 Å². The van der Waals surface area contributed by atoms with Gasteiger partial charge in [0.15, 0.2) is 0 Å². The van der Waals surface area contributed by atoms with Gasteiger partial charge >= 0.3 is 0 Å². The predicted octanol–water partition coefficient (Wildman–Crippen LogP) is 0.434. The first-order chi connectivity index (χ1) is 9.43. The van der Waals surface area contributed by atoms with Crippen LogP contribution in [-0.2, 0) is 19.6 Å². The highest BCUT2D eigenvalue weighted by molar-refractivity contribution is 7.90. The van der Waals surface area contributed by atoms with E-state index in [-0.39, 0.29) is 11.8 Å². The Kier molecular flexibility index (Phi) is 3.27. The van der Waals surface area contributed by atoms with Crippen molar-refractivity contribution in [1.82, 2.24) is 10.0 Å². The van der Waals surface area contributed by atoms with Crippen LogP contribution in [0.3, 0.4) is 0 Å². The fourth-order valence-electron chi connectivity index (χ4n) is 2.75. The van der Waals surface area contributed by atoms with Gasteiger partial charge in [-0.05, 0) is 38.5 Å². The topological polar surface area (TPSA) is 92.3 Å². The molecule has 112 valence electrons. The van der Waals surface area contributed by atoms with Gasteiger partial charge in [-0.1, -0.05) is 12.8 Å². The van der Waals surface area contributed by atoms with Crippen molar-refractivity contribution in [3.8, 4) is 0 Å². The molecule has 20 heavy (non-hydrogen) atoms. The third-order valence-electron chi connectivity index (χ3n) is 4.47. The Morgan fingerprint density at radius 3 is 2.10 bits per heavy atom. The number of rotatable bonds is 5. The highest BCUT2D eigenvalue weighted by atomic mass is 32.2. The fourth-order valence-corrected chi connectivity index (χ4v) is 4.13. The molecular weight excluding hydrogens is 280 g/mol. The Morgan fingerprint density at radius 2 is 1.60 bits per heavy atom. The van der Waals surface area contributed by atoms with E-state index in [1.807, 2.05) is 0 Å². The van der Waals surface area contributed by atoms with Crippen LogP contribution in [-0.4, -0.2) is 31.0 Å². The summed E-state index contributed by atoms with van der Waals surface area (Å²) >= 11 is 0. The zero-order valence-corrected chi connectivity index (χ0v) is 12.2. The lowest BCUT2D eigenvalue weighted by molar-refractivity contribution is -0.131. The van der Waals surface area contributed by atoms with Gasteiger partial charge in [0.2, 0.25) is 15.9 Å². The van der Waals surface area contributed by atoms with Crippen LogP contribution < -0.4 is 10.0 Å². The van der Waals surface area contributed by atoms with E-state index >= 15 is 0 Å². The van der Waals surface area contributed by atoms with Crippen LogP contribution in [0.25, 0.3) is 0 Å². The monoisotopic (exact) mass is 300 g/mol. The number of amides is 2. The summed E-state index contributed by atoms with van der Waals surface area (Å²) in [5.74, 6) is -0.671. The average molecular weight is 300 g/mol. The Bertz CT molecular complexity index is 529. The molecule has 0 aromatic carbocycles. The second-order valence-electron chi connectivity index (χ2n) is 6.23. The zero-order valence-electron chi connectivity index (χ0n) is 11.4. The van der Waals surface area contributed by atoms with Gasteiger partial charge in [0.05, 0.1) is 5.25 Å². The minimum atomic E-state index is -3.54. The van der Waals surface area contributed by atoms with Gasteiger partial charge in [0.1, 0.15) is 5.54 Å². The Labute approximate surface area is 118 Å². The van der Waals surface area contributed by atoms with Crippen molar-refractivity contribution in [2.24, 2.45) is 5.92 Å². The lowest BCUT2D eigenvalue weighted by atomic mass is 10.1. The molecule has 3 fully saturated rings. The summed E-state index contributed by atoms with van der Waals surface area (Å²) < 4.78 is 25.7. The Balaban J connectivity index is 1.60. The molecule has 0 spiro atoms. The summed E-state index contributed by atoms with van der Waals surface area (Å²) in [7, 11) is -3.54. The van der Waals surface area contributed by atoms with E-state index in [1.165, 1.54) is 0 Å². The van der Waals surface area contributed by atoms with Gasteiger partial charge in [-0.25, -0.2) is 8.42 Å². The van der Waals surface area contributed by atoms with Crippen LogP contribution >= 0.6 is 0 Å².